The highest BCUT2D eigenvalue weighted by molar-refractivity contribution is 6.03. The summed E-state index contributed by atoms with van der Waals surface area (Å²) < 4.78 is 0. The van der Waals surface area contributed by atoms with Crippen molar-refractivity contribution in [3.05, 3.63) is 83.9 Å². The standard InChI is InChI=1S/C28H26N4O4/c33-25-15-13-19-7-1-3-9-21(19)23(25)17-29-31-27(35)11-5-6-12-28(36)32-30-18-24-22-10-4-2-8-20(22)14-16-26(24)34/h1-4,7-10,13-18,33-34H,5-6,11-12H2,(H,31,35)(H,32,36)/b29-17+,30-18+. The fourth-order valence-corrected chi connectivity index (χ4v) is 3.86. The van der Waals surface area contributed by atoms with Crippen molar-refractivity contribution < 1.29 is 19.8 Å². The lowest BCUT2D eigenvalue weighted by molar-refractivity contribution is -0.123. The van der Waals surface area contributed by atoms with Crippen molar-refractivity contribution >= 4 is 45.8 Å². The molecule has 0 aliphatic rings. The first kappa shape index (κ1) is 24.4. The van der Waals surface area contributed by atoms with E-state index in [0.717, 1.165) is 21.5 Å². The normalized spacial score (nSPS) is 11.4. The Morgan fingerprint density at radius 1 is 0.639 bits per heavy atom. The van der Waals surface area contributed by atoms with Crippen LogP contribution in [-0.2, 0) is 9.59 Å². The van der Waals surface area contributed by atoms with E-state index in [1.807, 2.05) is 60.7 Å². The molecule has 36 heavy (non-hydrogen) atoms. The Morgan fingerprint density at radius 2 is 1.06 bits per heavy atom. The predicted octanol–water partition coefficient (Wildman–Crippen LogP) is 4.57. The molecule has 4 rings (SSSR count). The monoisotopic (exact) mass is 482 g/mol. The number of fused-ring (bicyclic) bond motifs is 2. The van der Waals surface area contributed by atoms with Crippen molar-refractivity contribution in [1.29, 1.82) is 0 Å². The topological polar surface area (TPSA) is 123 Å². The van der Waals surface area contributed by atoms with Gasteiger partial charge in [-0.15, -0.1) is 0 Å². The first-order valence-electron chi connectivity index (χ1n) is 11.6. The number of nitrogens with one attached hydrogen (secondary N) is 2. The van der Waals surface area contributed by atoms with Crippen LogP contribution in [0.1, 0.15) is 36.8 Å². The molecule has 0 fully saturated rings. The second-order valence-corrected chi connectivity index (χ2v) is 8.23. The van der Waals surface area contributed by atoms with Crippen LogP contribution in [0.15, 0.2) is 83.0 Å². The molecule has 8 heteroatoms. The van der Waals surface area contributed by atoms with Crippen LogP contribution < -0.4 is 10.9 Å². The van der Waals surface area contributed by atoms with Gasteiger partial charge in [-0.1, -0.05) is 60.7 Å². The highest BCUT2D eigenvalue weighted by Gasteiger charge is 2.07. The van der Waals surface area contributed by atoms with Crippen LogP contribution in [0.2, 0.25) is 0 Å². The minimum atomic E-state index is -0.282. The van der Waals surface area contributed by atoms with Crippen molar-refractivity contribution in [3.8, 4) is 11.5 Å². The van der Waals surface area contributed by atoms with E-state index >= 15 is 0 Å². The fraction of sp³-hybridized carbons (Fsp3) is 0.143. The van der Waals surface area contributed by atoms with E-state index in [1.54, 1.807) is 12.1 Å². The summed E-state index contributed by atoms with van der Waals surface area (Å²) in [7, 11) is 0. The Morgan fingerprint density at radius 3 is 1.50 bits per heavy atom. The lowest BCUT2D eigenvalue weighted by atomic mass is 10.0. The zero-order valence-corrected chi connectivity index (χ0v) is 19.5. The number of hydrogen-bond acceptors (Lipinski definition) is 6. The maximum atomic E-state index is 12.1. The Kier molecular flexibility index (Phi) is 7.87. The molecular formula is C28H26N4O4. The van der Waals surface area contributed by atoms with Gasteiger partial charge in [-0.3, -0.25) is 9.59 Å². The second-order valence-electron chi connectivity index (χ2n) is 8.23. The van der Waals surface area contributed by atoms with E-state index in [9.17, 15) is 19.8 Å². The molecule has 0 aliphatic carbocycles. The summed E-state index contributed by atoms with van der Waals surface area (Å²) in [5, 5.41) is 31.7. The number of hydrogen-bond donors (Lipinski definition) is 4. The molecule has 4 aromatic carbocycles. The summed E-state index contributed by atoms with van der Waals surface area (Å²) in [4.78, 5) is 24.1. The summed E-state index contributed by atoms with van der Waals surface area (Å²) >= 11 is 0. The van der Waals surface area contributed by atoms with E-state index in [-0.39, 0.29) is 36.2 Å². The Balaban J connectivity index is 1.20. The highest BCUT2D eigenvalue weighted by atomic mass is 16.3. The average molecular weight is 483 g/mol. The maximum Gasteiger partial charge on any atom is 0.240 e. The molecule has 0 aromatic heterocycles. The number of carbonyl (C=O) groups excluding carboxylic acids is 2. The summed E-state index contributed by atoms with van der Waals surface area (Å²) in [5.74, 6) is -0.404. The number of hydrazone groups is 2. The van der Waals surface area contributed by atoms with Crippen LogP contribution in [-0.4, -0.2) is 34.5 Å². The number of phenolic OH excluding ortho intramolecular Hbond substituents is 2. The SMILES string of the molecule is O=C(CCCCC(=O)N/N=C/c1c(O)ccc2ccccc12)N/N=C/c1c(O)ccc2ccccc12. The maximum absolute atomic E-state index is 12.1. The van der Waals surface area contributed by atoms with Crippen LogP contribution >= 0.6 is 0 Å². The number of phenols is 2. The molecule has 0 saturated heterocycles. The van der Waals surface area contributed by atoms with Gasteiger partial charge < -0.3 is 10.2 Å². The summed E-state index contributed by atoms with van der Waals surface area (Å²) in [6, 6.07) is 22.0. The molecule has 0 saturated carbocycles. The lowest BCUT2D eigenvalue weighted by Crippen LogP contribution is -2.19. The van der Waals surface area contributed by atoms with Crippen LogP contribution in [0.25, 0.3) is 21.5 Å². The minimum Gasteiger partial charge on any atom is -0.507 e. The zero-order valence-electron chi connectivity index (χ0n) is 19.5. The molecule has 0 atom stereocenters. The molecule has 182 valence electrons. The molecule has 2 amide bonds. The largest absolute Gasteiger partial charge is 0.507 e. The number of unbranched alkanes of at least 4 members (excludes halogenated alkanes) is 1. The average Bonchev–Trinajstić information content (AvgIpc) is 2.89. The quantitative estimate of drug-likeness (QED) is 0.159. The summed E-state index contributed by atoms with van der Waals surface area (Å²) in [6.45, 7) is 0. The van der Waals surface area contributed by atoms with Gasteiger partial charge in [0.25, 0.3) is 0 Å². The number of aromatic hydroxyl groups is 2. The molecule has 8 nitrogen and oxygen atoms in total. The van der Waals surface area contributed by atoms with Crippen LogP contribution in [0.5, 0.6) is 11.5 Å². The van der Waals surface area contributed by atoms with E-state index in [1.165, 1.54) is 12.4 Å². The molecule has 0 spiro atoms. The van der Waals surface area contributed by atoms with E-state index < -0.39 is 0 Å². The van der Waals surface area contributed by atoms with Gasteiger partial charge in [0.15, 0.2) is 0 Å². The molecular weight excluding hydrogens is 456 g/mol. The lowest BCUT2D eigenvalue weighted by Gasteiger charge is -2.05. The van der Waals surface area contributed by atoms with Crippen molar-refractivity contribution in [2.75, 3.05) is 0 Å². The molecule has 0 aliphatic heterocycles. The minimum absolute atomic E-state index is 0.0797. The number of benzene rings is 4. The van der Waals surface area contributed by atoms with Gasteiger partial charge in [-0.2, -0.15) is 10.2 Å². The predicted molar refractivity (Wildman–Crippen MR) is 141 cm³/mol. The van der Waals surface area contributed by atoms with E-state index in [0.29, 0.717) is 24.0 Å². The first-order chi connectivity index (χ1) is 17.5. The van der Waals surface area contributed by atoms with Crippen molar-refractivity contribution in [2.24, 2.45) is 10.2 Å². The smallest absolute Gasteiger partial charge is 0.240 e. The number of rotatable bonds is 9. The zero-order chi connectivity index (χ0) is 25.3. The first-order valence-corrected chi connectivity index (χ1v) is 11.6. The molecule has 0 unspecified atom stereocenters. The third-order valence-corrected chi connectivity index (χ3v) is 5.72. The Labute approximate surface area is 208 Å². The molecule has 4 aromatic rings. The Bertz CT molecular complexity index is 1350. The van der Waals surface area contributed by atoms with Crippen molar-refractivity contribution in [1.82, 2.24) is 10.9 Å². The van der Waals surface area contributed by atoms with Crippen molar-refractivity contribution in [3.63, 3.8) is 0 Å². The number of nitrogens with zero attached hydrogens (tertiary/aromatic N) is 2. The number of amides is 2. The van der Waals surface area contributed by atoms with Gasteiger partial charge in [0.05, 0.1) is 12.4 Å². The summed E-state index contributed by atoms with van der Waals surface area (Å²) in [5.41, 5.74) is 5.97. The third-order valence-electron chi connectivity index (χ3n) is 5.72. The van der Waals surface area contributed by atoms with Gasteiger partial charge in [0.1, 0.15) is 11.5 Å². The summed E-state index contributed by atoms with van der Waals surface area (Å²) in [6.07, 6.45) is 4.27. The van der Waals surface area contributed by atoms with Gasteiger partial charge in [-0.25, -0.2) is 10.9 Å². The Hall–Kier alpha value is -4.72. The molecule has 4 N–H and O–H groups in total. The highest BCUT2D eigenvalue weighted by Crippen LogP contribution is 2.26. The van der Waals surface area contributed by atoms with Gasteiger partial charge in [0.2, 0.25) is 11.8 Å². The van der Waals surface area contributed by atoms with Gasteiger partial charge in [0, 0.05) is 24.0 Å². The second kappa shape index (κ2) is 11.6. The fourth-order valence-electron chi connectivity index (χ4n) is 3.86. The van der Waals surface area contributed by atoms with Crippen molar-refractivity contribution in [2.45, 2.75) is 25.7 Å². The molecule has 0 heterocycles. The van der Waals surface area contributed by atoms with E-state index in [2.05, 4.69) is 21.1 Å². The van der Waals surface area contributed by atoms with Gasteiger partial charge in [-0.05, 0) is 46.5 Å². The van der Waals surface area contributed by atoms with Crippen LogP contribution in [0, 0.1) is 0 Å². The van der Waals surface area contributed by atoms with Gasteiger partial charge >= 0.3 is 0 Å². The molecule has 0 radical (unpaired) electrons. The van der Waals surface area contributed by atoms with Crippen LogP contribution in [0.4, 0.5) is 0 Å². The third kappa shape index (κ3) is 6.04. The number of carbonyl (C=O) groups is 2. The van der Waals surface area contributed by atoms with E-state index in [4.69, 9.17) is 0 Å². The molecule has 0 bridgehead atoms. The van der Waals surface area contributed by atoms with Crippen LogP contribution in [0.3, 0.4) is 0 Å².